The fraction of sp³-hybridized carbons (Fsp3) is 0.111. The van der Waals surface area contributed by atoms with Gasteiger partial charge < -0.3 is 9.47 Å². The molecule has 0 aliphatic heterocycles. The first-order valence-electron chi connectivity index (χ1n) is 10.9. The van der Waals surface area contributed by atoms with Crippen LogP contribution in [0.25, 0.3) is 27.3 Å². The molecule has 0 bridgehead atoms. The number of benzene rings is 2. The average molecular weight is 484 g/mol. The van der Waals surface area contributed by atoms with E-state index < -0.39 is 11.9 Å². The topological polar surface area (TPSA) is 83.3 Å². The number of thiophene rings is 1. The first-order chi connectivity index (χ1) is 17.0. The van der Waals surface area contributed by atoms with E-state index in [4.69, 9.17) is 14.5 Å². The van der Waals surface area contributed by atoms with Crippen LogP contribution in [0.5, 0.6) is 0 Å². The predicted molar refractivity (Wildman–Crippen MR) is 134 cm³/mol. The van der Waals surface area contributed by atoms with Gasteiger partial charge in [0.1, 0.15) is 6.61 Å². The smallest absolute Gasteiger partial charge is 0.339 e. The zero-order chi connectivity index (χ0) is 24.4. The Hall–Kier alpha value is -4.30. The average Bonchev–Trinajstić information content (AvgIpc) is 3.56. The summed E-state index contributed by atoms with van der Waals surface area (Å²) in [7, 11) is 1.33. The van der Waals surface area contributed by atoms with Gasteiger partial charge in [-0.05, 0) is 54.3 Å². The molecule has 2 aromatic carbocycles. The minimum absolute atomic E-state index is 0.0598. The molecule has 0 saturated carbocycles. The van der Waals surface area contributed by atoms with Crippen molar-refractivity contribution in [1.82, 2.24) is 14.8 Å². The molecular weight excluding hydrogens is 462 g/mol. The number of aromatic nitrogens is 3. The van der Waals surface area contributed by atoms with Crippen LogP contribution in [0.1, 0.15) is 32.0 Å². The maximum absolute atomic E-state index is 13.3. The number of para-hydroxylation sites is 1. The summed E-state index contributed by atoms with van der Waals surface area (Å²) in [6, 6.07) is 22.1. The van der Waals surface area contributed by atoms with E-state index in [0.29, 0.717) is 33.5 Å². The van der Waals surface area contributed by atoms with Gasteiger partial charge in [0.25, 0.3) is 0 Å². The third-order valence-corrected chi connectivity index (χ3v) is 6.44. The van der Waals surface area contributed by atoms with E-state index in [1.807, 2.05) is 54.8 Å². The molecule has 5 aromatic rings. The van der Waals surface area contributed by atoms with Crippen LogP contribution < -0.4 is 0 Å². The lowest BCUT2D eigenvalue weighted by Gasteiger charge is -2.09. The highest BCUT2D eigenvalue weighted by Crippen LogP contribution is 2.31. The Labute approximate surface area is 205 Å². The number of methoxy groups -OCH3 is 1. The first-order valence-corrected chi connectivity index (χ1v) is 11.8. The molecule has 0 unspecified atom stereocenters. The Morgan fingerprint density at radius 3 is 2.43 bits per heavy atom. The predicted octanol–water partition coefficient (Wildman–Crippen LogP) is 5.60. The molecule has 0 amide bonds. The highest BCUT2D eigenvalue weighted by Gasteiger charge is 2.22. The molecule has 0 saturated heterocycles. The normalized spacial score (nSPS) is 10.9. The summed E-state index contributed by atoms with van der Waals surface area (Å²) in [6.45, 7) is 1.92. The second kappa shape index (κ2) is 9.52. The van der Waals surface area contributed by atoms with Crippen molar-refractivity contribution in [3.8, 4) is 16.3 Å². The summed E-state index contributed by atoms with van der Waals surface area (Å²) in [5.74, 6) is -0.886. The number of rotatable bonds is 6. The molecule has 5 rings (SSSR count). The van der Waals surface area contributed by atoms with Gasteiger partial charge in [0, 0.05) is 0 Å². The summed E-state index contributed by atoms with van der Waals surface area (Å²) in [5, 5.41) is 7.31. The molecule has 3 heterocycles. The molecule has 0 fully saturated rings. The van der Waals surface area contributed by atoms with Crippen molar-refractivity contribution in [2.45, 2.75) is 13.5 Å². The van der Waals surface area contributed by atoms with Crippen molar-refractivity contribution in [3.63, 3.8) is 0 Å². The Kier molecular flexibility index (Phi) is 6.12. The zero-order valence-corrected chi connectivity index (χ0v) is 19.9. The Balaban J connectivity index is 1.53. The molecule has 0 radical (unpaired) electrons. The number of nitrogens with zero attached hydrogens (tertiary/aromatic N) is 3. The molecule has 7 nitrogen and oxygen atoms in total. The Bertz CT molecular complexity index is 1510. The van der Waals surface area contributed by atoms with Crippen LogP contribution in [0.2, 0.25) is 0 Å². The molecule has 3 aromatic heterocycles. The van der Waals surface area contributed by atoms with E-state index in [0.717, 1.165) is 16.1 Å². The van der Waals surface area contributed by atoms with Crippen LogP contribution in [0.4, 0.5) is 0 Å². The van der Waals surface area contributed by atoms with Crippen LogP contribution in [-0.2, 0) is 16.1 Å². The lowest BCUT2D eigenvalue weighted by molar-refractivity contribution is 0.0473. The number of hydrogen-bond acceptors (Lipinski definition) is 7. The molecule has 35 heavy (non-hydrogen) atoms. The van der Waals surface area contributed by atoms with Crippen molar-refractivity contribution in [3.05, 3.63) is 101 Å². The molecule has 0 spiro atoms. The number of fused-ring (bicyclic) bond motifs is 1. The fourth-order valence-corrected chi connectivity index (χ4v) is 4.52. The SMILES string of the molecule is COC(=O)c1ccc(COC(=O)c2cc(-c3cccs3)nc3c2c(C)nn3-c2ccccc2)cc1. The lowest BCUT2D eigenvalue weighted by Crippen LogP contribution is -2.08. The third-order valence-electron chi connectivity index (χ3n) is 5.55. The number of carbonyl (C=O) groups is 2. The Morgan fingerprint density at radius 2 is 1.74 bits per heavy atom. The van der Waals surface area contributed by atoms with Gasteiger partial charge in [-0.3, -0.25) is 0 Å². The summed E-state index contributed by atoms with van der Waals surface area (Å²) >= 11 is 1.55. The first kappa shape index (κ1) is 22.5. The monoisotopic (exact) mass is 483 g/mol. The van der Waals surface area contributed by atoms with Gasteiger partial charge in [-0.2, -0.15) is 5.10 Å². The van der Waals surface area contributed by atoms with Crippen molar-refractivity contribution < 1.29 is 19.1 Å². The highest BCUT2D eigenvalue weighted by molar-refractivity contribution is 7.13. The quantitative estimate of drug-likeness (QED) is 0.292. The molecular formula is C27H21N3O4S. The van der Waals surface area contributed by atoms with Crippen molar-refractivity contribution in [2.24, 2.45) is 0 Å². The maximum Gasteiger partial charge on any atom is 0.339 e. The maximum atomic E-state index is 13.3. The second-order valence-electron chi connectivity index (χ2n) is 7.83. The molecule has 0 N–H and O–H groups in total. The third kappa shape index (κ3) is 4.43. The summed E-state index contributed by atoms with van der Waals surface area (Å²) in [6.07, 6.45) is 0. The van der Waals surface area contributed by atoms with E-state index in [-0.39, 0.29) is 6.61 Å². The number of aryl methyl sites for hydroxylation is 1. The lowest BCUT2D eigenvalue weighted by atomic mass is 10.1. The van der Waals surface area contributed by atoms with Gasteiger partial charge in [0.05, 0.1) is 45.6 Å². The van der Waals surface area contributed by atoms with Gasteiger partial charge in [-0.25, -0.2) is 19.3 Å². The van der Waals surface area contributed by atoms with E-state index in [1.54, 1.807) is 46.4 Å². The largest absolute Gasteiger partial charge is 0.465 e. The van der Waals surface area contributed by atoms with E-state index >= 15 is 0 Å². The molecule has 0 aliphatic carbocycles. The van der Waals surface area contributed by atoms with E-state index in [9.17, 15) is 9.59 Å². The van der Waals surface area contributed by atoms with Crippen molar-refractivity contribution in [1.29, 1.82) is 0 Å². The number of hydrogen-bond donors (Lipinski definition) is 0. The number of carbonyl (C=O) groups excluding carboxylic acids is 2. The standard InChI is InChI=1S/C27H21N3O4S/c1-17-24-21(27(32)34-16-18-10-12-19(13-11-18)26(31)33-2)15-22(23-9-6-14-35-23)28-25(24)30(29-17)20-7-4-3-5-8-20/h3-15H,16H2,1-2H3. The number of pyridine rings is 1. The molecule has 0 aliphatic rings. The van der Waals surface area contributed by atoms with Gasteiger partial charge in [0.2, 0.25) is 0 Å². The fourth-order valence-electron chi connectivity index (χ4n) is 3.83. The summed E-state index contributed by atoms with van der Waals surface area (Å²) in [4.78, 5) is 30.8. The van der Waals surface area contributed by atoms with Crippen LogP contribution in [0.3, 0.4) is 0 Å². The minimum atomic E-state index is -0.469. The van der Waals surface area contributed by atoms with Gasteiger partial charge in [0.15, 0.2) is 5.65 Å². The van der Waals surface area contributed by atoms with Gasteiger partial charge >= 0.3 is 11.9 Å². The van der Waals surface area contributed by atoms with Gasteiger partial charge in [-0.1, -0.05) is 36.4 Å². The van der Waals surface area contributed by atoms with Crippen LogP contribution in [0, 0.1) is 6.92 Å². The minimum Gasteiger partial charge on any atom is -0.465 e. The zero-order valence-electron chi connectivity index (χ0n) is 19.1. The van der Waals surface area contributed by atoms with E-state index in [1.165, 1.54) is 7.11 Å². The van der Waals surface area contributed by atoms with Crippen molar-refractivity contribution >= 4 is 34.3 Å². The van der Waals surface area contributed by atoms with E-state index in [2.05, 4.69) is 5.10 Å². The Morgan fingerprint density at radius 1 is 0.971 bits per heavy atom. The van der Waals surface area contributed by atoms with Crippen LogP contribution in [-0.4, -0.2) is 33.8 Å². The molecule has 8 heteroatoms. The molecule has 0 atom stereocenters. The summed E-state index contributed by atoms with van der Waals surface area (Å²) < 4.78 is 12.2. The number of esters is 2. The summed E-state index contributed by atoms with van der Waals surface area (Å²) in [5.41, 5.74) is 4.40. The van der Waals surface area contributed by atoms with Crippen LogP contribution >= 0.6 is 11.3 Å². The van der Waals surface area contributed by atoms with Gasteiger partial charge in [-0.15, -0.1) is 11.3 Å². The highest BCUT2D eigenvalue weighted by atomic mass is 32.1. The number of ether oxygens (including phenoxy) is 2. The van der Waals surface area contributed by atoms with Crippen molar-refractivity contribution in [2.75, 3.05) is 7.11 Å². The van der Waals surface area contributed by atoms with Crippen LogP contribution in [0.15, 0.2) is 78.2 Å². The second-order valence-corrected chi connectivity index (χ2v) is 8.78. The molecule has 174 valence electrons.